The van der Waals surface area contributed by atoms with Crippen molar-refractivity contribution in [1.29, 1.82) is 0 Å². The molecular weight excluding hydrogens is 450 g/mol. The van der Waals surface area contributed by atoms with Gasteiger partial charge in [0.1, 0.15) is 5.82 Å². The van der Waals surface area contributed by atoms with E-state index >= 15 is 0 Å². The summed E-state index contributed by atoms with van der Waals surface area (Å²) in [6.45, 7) is 7.09. The van der Waals surface area contributed by atoms with Crippen molar-refractivity contribution in [3.05, 3.63) is 54.4 Å². The fourth-order valence-corrected chi connectivity index (χ4v) is 5.43. The van der Waals surface area contributed by atoms with Crippen LogP contribution in [-0.2, 0) is 28.3 Å². The van der Waals surface area contributed by atoms with Crippen LogP contribution in [0.1, 0.15) is 33.0 Å². The number of carbonyl (C=O) groups is 1. The number of fused-ring (bicyclic) bond motifs is 1. The molecule has 3 aromatic rings. The second kappa shape index (κ2) is 11.0. The number of rotatable bonds is 11. The summed E-state index contributed by atoms with van der Waals surface area (Å²) in [4.78, 5) is 19.5. The van der Waals surface area contributed by atoms with Crippen LogP contribution in [0.3, 0.4) is 0 Å². The fourth-order valence-electron chi connectivity index (χ4n) is 3.96. The van der Waals surface area contributed by atoms with Gasteiger partial charge < -0.3 is 14.8 Å². The van der Waals surface area contributed by atoms with Crippen molar-refractivity contribution >= 4 is 32.7 Å². The quantitative estimate of drug-likeness (QED) is 0.451. The normalized spacial score (nSPS) is 12.8. The van der Waals surface area contributed by atoms with Crippen LogP contribution in [-0.4, -0.2) is 60.9 Å². The fraction of sp³-hybridized carbons (Fsp3) is 0.440. The van der Waals surface area contributed by atoms with E-state index in [9.17, 15) is 13.2 Å². The number of carbonyl (C=O) groups excluding carboxylic acids is 1. The molecule has 0 aliphatic heterocycles. The smallest absolute Gasteiger partial charge is 0.243 e. The van der Waals surface area contributed by atoms with Gasteiger partial charge in [0.25, 0.3) is 0 Å². The first kappa shape index (κ1) is 25.7. The van der Waals surface area contributed by atoms with Crippen LogP contribution in [0.2, 0.25) is 0 Å². The van der Waals surface area contributed by atoms with Gasteiger partial charge >= 0.3 is 0 Å². The Morgan fingerprint density at radius 1 is 1.12 bits per heavy atom. The molecule has 0 radical (unpaired) electrons. The first-order valence-corrected chi connectivity index (χ1v) is 13.1. The summed E-state index contributed by atoms with van der Waals surface area (Å²) in [5.74, 6) is 0.710. The molecule has 0 fully saturated rings. The van der Waals surface area contributed by atoms with Gasteiger partial charge in [-0.25, -0.2) is 13.4 Å². The van der Waals surface area contributed by atoms with Gasteiger partial charge in [-0.2, -0.15) is 4.31 Å². The zero-order chi connectivity index (χ0) is 24.9. The van der Waals surface area contributed by atoms with E-state index in [1.807, 2.05) is 62.8 Å². The number of benzene rings is 2. The molecule has 9 heteroatoms. The van der Waals surface area contributed by atoms with Crippen LogP contribution < -0.4 is 10.2 Å². The molecular formula is C25H35N5O3S. The van der Waals surface area contributed by atoms with Crippen LogP contribution in [0, 0.1) is 0 Å². The third-order valence-electron chi connectivity index (χ3n) is 6.28. The number of aryl methyl sites for hydroxylation is 2. The molecule has 1 amide bonds. The first-order chi connectivity index (χ1) is 16.2. The zero-order valence-electron chi connectivity index (χ0n) is 20.7. The molecule has 3 rings (SSSR count). The van der Waals surface area contributed by atoms with E-state index in [1.54, 1.807) is 18.2 Å². The summed E-state index contributed by atoms with van der Waals surface area (Å²) < 4.78 is 29.0. The number of sulfonamides is 1. The van der Waals surface area contributed by atoms with Gasteiger partial charge in [-0.3, -0.25) is 4.79 Å². The van der Waals surface area contributed by atoms with Crippen molar-refractivity contribution in [1.82, 2.24) is 19.2 Å². The van der Waals surface area contributed by atoms with Crippen molar-refractivity contribution in [2.24, 2.45) is 7.05 Å². The molecule has 1 atom stereocenters. The maximum Gasteiger partial charge on any atom is 0.243 e. The second-order valence-electron chi connectivity index (χ2n) is 8.43. The largest absolute Gasteiger partial charge is 0.370 e. The number of nitrogens with one attached hydrogen (secondary N) is 1. The van der Waals surface area contributed by atoms with E-state index in [2.05, 4.69) is 22.1 Å². The highest BCUT2D eigenvalue weighted by molar-refractivity contribution is 7.89. The molecule has 0 saturated heterocycles. The van der Waals surface area contributed by atoms with Gasteiger partial charge in [-0.1, -0.05) is 32.0 Å². The Balaban J connectivity index is 1.62. The van der Waals surface area contributed by atoms with E-state index in [4.69, 9.17) is 0 Å². The lowest BCUT2D eigenvalue weighted by Gasteiger charge is -2.27. The molecule has 8 nitrogen and oxygen atoms in total. The molecule has 34 heavy (non-hydrogen) atoms. The Labute approximate surface area is 202 Å². The van der Waals surface area contributed by atoms with Crippen molar-refractivity contribution in [3.63, 3.8) is 0 Å². The van der Waals surface area contributed by atoms with Gasteiger partial charge in [0.05, 0.1) is 15.9 Å². The monoisotopic (exact) mass is 485 g/mol. The molecule has 1 aromatic heterocycles. The van der Waals surface area contributed by atoms with Crippen LogP contribution in [0.5, 0.6) is 0 Å². The lowest BCUT2D eigenvalue weighted by Crippen LogP contribution is -2.40. The van der Waals surface area contributed by atoms with Gasteiger partial charge in [0.15, 0.2) is 0 Å². The molecule has 184 valence electrons. The number of anilines is 1. The van der Waals surface area contributed by atoms with Crippen LogP contribution in [0.4, 0.5) is 5.69 Å². The maximum absolute atomic E-state index is 12.8. The molecule has 1 N–H and O–H groups in total. The number of imidazole rings is 1. The molecule has 0 bridgehead atoms. The number of nitrogens with zero attached hydrogens (tertiary/aromatic N) is 4. The lowest BCUT2D eigenvalue weighted by atomic mass is 10.2. The Morgan fingerprint density at radius 2 is 1.79 bits per heavy atom. The average molecular weight is 486 g/mol. The topological polar surface area (TPSA) is 87.5 Å². The highest BCUT2D eigenvalue weighted by Crippen LogP contribution is 2.23. The van der Waals surface area contributed by atoms with Gasteiger partial charge in [-0.15, -0.1) is 0 Å². The second-order valence-corrected chi connectivity index (χ2v) is 10.4. The van der Waals surface area contributed by atoms with Gasteiger partial charge in [0.2, 0.25) is 15.9 Å². The summed E-state index contributed by atoms with van der Waals surface area (Å²) in [5.41, 5.74) is 2.56. The standard InChI is InChI=1S/C25H35N5O3S/c1-6-30(7-2)34(32,33)21-13-14-23-22(17-21)27-24(29(23)5)15-16-25(31)26-18-19(3)28(4)20-11-9-8-10-12-20/h8-14,17,19H,6-7,15-16,18H2,1-5H3,(H,26,31). The van der Waals surface area contributed by atoms with Gasteiger partial charge in [0, 0.05) is 58.3 Å². The first-order valence-electron chi connectivity index (χ1n) is 11.7. The van der Waals surface area contributed by atoms with Crippen molar-refractivity contribution in [2.75, 3.05) is 31.6 Å². The number of aromatic nitrogens is 2. The Hall–Kier alpha value is -2.91. The summed E-state index contributed by atoms with van der Waals surface area (Å²) >= 11 is 0. The number of hydrogen-bond acceptors (Lipinski definition) is 5. The molecule has 0 spiro atoms. The molecule has 0 saturated carbocycles. The predicted molar refractivity (Wildman–Crippen MR) is 136 cm³/mol. The maximum atomic E-state index is 12.8. The number of likely N-dealkylation sites (N-methyl/N-ethyl adjacent to an activating group) is 1. The molecule has 2 aromatic carbocycles. The van der Waals surface area contributed by atoms with E-state index in [0.717, 1.165) is 17.0 Å². The third kappa shape index (κ3) is 5.59. The molecule has 0 aliphatic rings. The summed E-state index contributed by atoms with van der Waals surface area (Å²) in [7, 11) is 0.352. The molecule has 1 unspecified atom stereocenters. The van der Waals surface area contributed by atoms with E-state index in [1.165, 1.54) is 4.31 Å². The Morgan fingerprint density at radius 3 is 2.44 bits per heavy atom. The van der Waals surface area contributed by atoms with E-state index in [0.29, 0.717) is 38.0 Å². The van der Waals surface area contributed by atoms with E-state index in [-0.39, 0.29) is 16.8 Å². The molecule has 1 heterocycles. The number of hydrogen-bond donors (Lipinski definition) is 1. The Kier molecular flexibility index (Phi) is 8.33. The zero-order valence-corrected chi connectivity index (χ0v) is 21.5. The van der Waals surface area contributed by atoms with Crippen LogP contribution >= 0.6 is 0 Å². The average Bonchev–Trinajstić information content (AvgIpc) is 3.16. The van der Waals surface area contributed by atoms with Crippen molar-refractivity contribution < 1.29 is 13.2 Å². The summed E-state index contributed by atoms with van der Waals surface area (Å²) in [6.07, 6.45) is 0.779. The lowest BCUT2D eigenvalue weighted by molar-refractivity contribution is -0.121. The number of amides is 1. The van der Waals surface area contributed by atoms with Crippen molar-refractivity contribution in [2.45, 2.75) is 44.6 Å². The SMILES string of the molecule is CCN(CC)S(=O)(=O)c1ccc2c(c1)nc(CCC(=O)NCC(C)N(C)c1ccccc1)n2C. The highest BCUT2D eigenvalue weighted by atomic mass is 32.2. The van der Waals surface area contributed by atoms with Crippen LogP contribution in [0.15, 0.2) is 53.4 Å². The van der Waals surface area contributed by atoms with Gasteiger partial charge in [-0.05, 0) is 37.3 Å². The minimum Gasteiger partial charge on any atom is -0.370 e. The van der Waals surface area contributed by atoms with E-state index < -0.39 is 10.0 Å². The minimum absolute atomic E-state index is 0.0369. The molecule has 0 aliphatic carbocycles. The minimum atomic E-state index is -3.55. The van der Waals surface area contributed by atoms with Crippen molar-refractivity contribution in [3.8, 4) is 0 Å². The Bertz CT molecular complexity index is 1220. The summed E-state index contributed by atoms with van der Waals surface area (Å²) in [6, 6.07) is 15.2. The predicted octanol–water partition coefficient (Wildman–Crippen LogP) is 3.18. The van der Waals surface area contributed by atoms with Crippen LogP contribution in [0.25, 0.3) is 11.0 Å². The third-order valence-corrected chi connectivity index (χ3v) is 8.33. The highest BCUT2D eigenvalue weighted by Gasteiger charge is 2.23. The number of para-hydroxylation sites is 1. The summed E-state index contributed by atoms with van der Waals surface area (Å²) in [5, 5.41) is 3.01.